The maximum absolute atomic E-state index is 11.1. The summed E-state index contributed by atoms with van der Waals surface area (Å²) < 4.78 is 1.65. The molecular formula is C14H23N3O2. The third-order valence-electron chi connectivity index (χ3n) is 4.32. The number of carbonyl (C=O) groups is 1. The summed E-state index contributed by atoms with van der Waals surface area (Å²) in [6, 6.07) is 0.442. The molecule has 5 heteroatoms. The predicted octanol–water partition coefficient (Wildman–Crippen LogP) is 2.18. The molecule has 1 aromatic heterocycles. The van der Waals surface area contributed by atoms with Gasteiger partial charge in [0.05, 0.1) is 11.9 Å². The van der Waals surface area contributed by atoms with E-state index < -0.39 is 5.97 Å². The lowest BCUT2D eigenvalue weighted by Crippen LogP contribution is -2.44. The Kier molecular flexibility index (Phi) is 3.94. The minimum absolute atomic E-state index is 0.278. The van der Waals surface area contributed by atoms with Gasteiger partial charge >= 0.3 is 5.97 Å². The van der Waals surface area contributed by atoms with Crippen LogP contribution in [0.4, 0.5) is 0 Å². The van der Waals surface area contributed by atoms with E-state index >= 15 is 0 Å². The van der Waals surface area contributed by atoms with Gasteiger partial charge in [-0.15, -0.1) is 0 Å². The molecule has 0 saturated heterocycles. The molecular weight excluding hydrogens is 242 g/mol. The molecule has 2 N–H and O–H groups in total. The van der Waals surface area contributed by atoms with E-state index in [0.29, 0.717) is 18.2 Å². The van der Waals surface area contributed by atoms with E-state index in [1.165, 1.54) is 25.5 Å². The smallest absolute Gasteiger partial charge is 0.339 e. The number of aromatic nitrogens is 2. The second-order valence-electron chi connectivity index (χ2n) is 6.10. The summed E-state index contributed by atoms with van der Waals surface area (Å²) in [5.74, 6) is -0.909. The van der Waals surface area contributed by atoms with Crippen molar-refractivity contribution in [2.45, 2.75) is 52.1 Å². The van der Waals surface area contributed by atoms with Gasteiger partial charge in [0.2, 0.25) is 0 Å². The van der Waals surface area contributed by atoms with Gasteiger partial charge in [-0.3, -0.25) is 4.68 Å². The van der Waals surface area contributed by atoms with Crippen molar-refractivity contribution in [2.24, 2.45) is 12.5 Å². The lowest BCUT2D eigenvalue weighted by molar-refractivity contribution is 0.0695. The van der Waals surface area contributed by atoms with Crippen LogP contribution in [0.5, 0.6) is 0 Å². The van der Waals surface area contributed by atoms with E-state index in [1.54, 1.807) is 11.7 Å². The number of rotatable bonds is 4. The van der Waals surface area contributed by atoms with Crippen LogP contribution < -0.4 is 5.32 Å². The van der Waals surface area contributed by atoms with Crippen molar-refractivity contribution in [2.75, 3.05) is 0 Å². The van der Waals surface area contributed by atoms with Crippen molar-refractivity contribution in [3.05, 3.63) is 17.5 Å². The number of carboxylic acids is 1. The zero-order valence-corrected chi connectivity index (χ0v) is 11.9. The maximum atomic E-state index is 11.1. The summed E-state index contributed by atoms with van der Waals surface area (Å²) in [6.07, 6.45) is 6.34. The molecule has 1 saturated carbocycles. The van der Waals surface area contributed by atoms with Crippen LogP contribution in [0.15, 0.2) is 6.20 Å². The minimum atomic E-state index is -0.909. The number of carboxylic acid groups (broad SMARTS) is 1. The van der Waals surface area contributed by atoms with Crippen molar-refractivity contribution in [3.63, 3.8) is 0 Å². The predicted molar refractivity (Wildman–Crippen MR) is 73.0 cm³/mol. The van der Waals surface area contributed by atoms with Crippen LogP contribution in [0, 0.1) is 5.41 Å². The highest BCUT2D eigenvalue weighted by Gasteiger charge is 2.32. The van der Waals surface area contributed by atoms with Gasteiger partial charge in [0.15, 0.2) is 0 Å². The molecule has 0 radical (unpaired) electrons. The Balaban J connectivity index is 2.06. The normalized spacial score (nSPS) is 22.4. The molecule has 1 unspecified atom stereocenters. The molecule has 1 aliphatic rings. The van der Waals surface area contributed by atoms with E-state index in [0.717, 1.165) is 12.1 Å². The van der Waals surface area contributed by atoms with Gasteiger partial charge in [-0.1, -0.05) is 26.7 Å². The quantitative estimate of drug-likeness (QED) is 0.875. The topological polar surface area (TPSA) is 67.2 Å². The van der Waals surface area contributed by atoms with Crippen molar-refractivity contribution in [1.29, 1.82) is 0 Å². The van der Waals surface area contributed by atoms with Crippen molar-refractivity contribution in [1.82, 2.24) is 15.1 Å². The fraction of sp³-hybridized carbons (Fsp3) is 0.714. The summed E-state index contributed by atoms with van der Waals surface area (Å²) in [5.41, 5.74) is 1.32. The first-order chi connectivity index (χ1) is 8.92. The summed E-state index contributed by atoms with van der Waals surface area (Å²) in [6.45, 7) is 5.13. The summed E-state index contributed by atoms with van der Waals surface area (Å²) in [7, 11) is 1.79. The second-order valence-corrected chi connectivity index (χ2v) is 6.10. The Morgan fingerprint density at radius 2 is 2.32 bits per heavy atom. The van der Waals surface area contributed by atoms with Crippen LogP contribution in [0.1, 0.15) is 55.6 Å². The monoisotopic (exact) mass is 265 g/mol. The van der Waals surface area contributed by atoms with Crippen LogP contribution in [0.25, 0.3) is 0 Å². The molecule has 0 amide bonds. The molecule has 5 nitrogen and oxygen atoms in total. The Bertz CT molecular complexity index is 465. The van der Waals surface area contributed by atoms with Crippen LogP contribution >= 0.6 is 0 Å². The average Bonchev–Trinajstić information content (AvgIpc) is 2.69. The molecule has 1 heterocycles. The first kappa shape index (κ1) is 14.1. The molecule has 0 spiro atoms. The zero-order valence-electron chi connectivity index (χ0n) is 11.9. The number of hydrogen-bond acceptors (Lipinski definition) is 3. The minimum Gasteiger partial charge on any atom is -0.478 e. The standard InChI is InChI=1S/C14H23N3O2/c1-14(2)7-5-4-6-12(14)15-9-11-10(13(18)19)8-16-17(11)3/h8,12,15H,4-7,9H2,1-3H3,(H,18,19). The van der Waals surface area contributed by atoms with Crippen molar-refractivity contribution >= 4 is 5.97 Å². The SMILES string of the molecule is Cn1ncc(C(=O)O)c1CNC1CCCCC1(C)C. The largest absolute Gasteiger partial charge is 0.478 e. The molecule has 0 aliphatic heterocycles. The fourth-order valence-electron chi connectivity index (χ4n) is 2.94. The maximum Gasteiger partial charge on any atom is 0.339 e. The number of nitrogens with one attached hydrogen (secondary N) is 1. The third-order valence-corrected chi connectivity index (χ3v) is 4.32. The molecule has 19 heavy (non-hydrogen) atoms. The molecule has 1 atom stereocenters. The average molecular weight is 265 g/mol. The number of aryl methyl sites for hydroxylation is 1. The summed E-state index contributed by atoms with van der Waals surface area (Å²) in [5, 5.41) is 16.7. The Hall–Kier alpha value is -1.36. The zero-order chi connectivity index (χ0) is 14.0. The Morgan fingerprint density at radius 3 is 2.95 bits per heavy atom. The van der Waals surface area contributed by atoms with E-state index in [9.17, 15) is 4.79 Å². The van der Waals surface area contributed by atoms with Crippen molar-refractivity contribution < 1.29 is 9.90 Å². The highest BCUT2D eigenvalue weighted by molar-refractivity contribution is 5.88. The van der Waals surface area contributed by atoms with Gasteiger partial charge < -0.3 is 10.4 Å². The molecule has 1 fully saturated rings. The molecule has 106 valence electrons. The fourth-order valence-corrected chi connectivity index (χ4v) is 2.94. The highest BCUT2D eigenvalue weighted by atomic mass is 16.4. The lowest BCUT2D eigenvalue weighted by atomic mass is 9.73. The number of hydrogen-bond donors (Lipinski definition) is 2. The van der Waals surface area contributed by atoms with Crippen LogP contribution in [0.2, 0.25) is 0 Å². The van der Waals surface area contributed by atoms with Gasteiger partial charge in [-0.25, -0.2) is 4.79 Å². The van der Waals surface area contributed by atoms with Gasteiger partial charge in [0.1, 0.15) is 5.56 Å². The lowest BCUT2D eigenvalue weighted by Gasteiger charge is -2.39. The van der Waals surface area contributed by atoms with E-state index in [2.05, 4.69) is 24.3 Å². The van der Waals surface area contributed by atoms with Gasteiger partial charge in [0.25, 0.3) is 0 Å². The van der Waals surface area contributed by atoms with Gasteiger partial charge in [0, 0.05) is 19.6 Å². The van der Waals surface area contributed by atoms with Crippen LogP contribution in [-0.4, -0.2) is 26.9 Å². The highest BCUT2D eigenvalue weighted by Crippen LogP contribution is 2.35. The molecule has 1 aliphatic carbocycles. The number of aromatic carboxylic acids is 1. The molecule has 2 rings (SSSR count). The molecule has 1 aromatic rings. The summed E-state index contributed by atoms with van der Waals surface area (Å²) in [4.78, 5) is 11.1. The summed E-state index contributed by atoms with van der Waals surface area (Å²) >= 11 is 0. The first-order valence-corrected chi connectivity index (χ1v) is 6.89. The van der Waals surface area contributed by atoms with Crippen LogP contribution in [0.3, 0.4) is 0 Å². The van der Waals surface area contributed by atoms with Crippen LogP contribution in [-0.2, 0) is 13.6 Å². The van der Waals surface area contributed by atoms with E-state index in [4.69, 9.17) is 5.11 Å². The number of nitrogens with zero attached hydrogens (tertiary/aromatic N) is 2. The molecule has 0 bridgehead atoms. The Labute approximate surface area is 114 Å². The Morgan fingerprint density at radius 1 is 1.58 bits per heavy atom. The third kappa shape index (κ3) is 2.97. The first-order valence-electron chi connectivity index (χ1n) is 6.89. The van der Waals surface area contributed by atoms with Gasteiger partial charge in [-0.2, -0.15) is 5.10 Å². The molecule has 0 aromatic carbocycles. The van der Waals surface area contributed by atoms with Crippen molar-refractivity contribution in [3.8, 4) is 0 Å². The second kappa shape index (κ2) is 5.33. The van der Waals surface area contributed by atoms with E-state index in [1.807, 2.05) is 0 Å². The van der Waals surface area contributed by atoms with Gasteiger partial charge in [-0.05, 0) is 18.3 Å². The van der Waals surface area contributed by atoms with E-state index in [-0.39, 0.29) is 5.41 Å².